The van der Waals surface area contributed by atoms with Gasteiger partial charge >= 0.3 is 0 Å². The monoisotopic (exact) mass is 465 g/mol. The lowest BCUT2D eigenvalue weighted by Gasteiger charge is -2.22. The molecule has 34 heavy (non-hydrogen) atoms. The highest BCUT2D eigenvalue weighted by Gasteiger charge is 2.27. The number of ether oxygens (including phenoxy) is 1. The molecule has 0 bridgehead atoms. The Balaban J connectivity index is 1.68. The third-order valence-corrected chi connectivity index (χ3v) is 5.96. The van der Waals surface area contributed by atoms with E-state index in [1.54, 1.807) is 23.0 Å². The zero-order valence-electron chi connectivity index (χ0n) is 20.6. The largest absolute Gasteiger partial charge is 0.374 e. The van der Waals surface area contributed by atoms with Crippen LogP contribution in [0.25, 0.3) is 0 Å². The molecule has 0 spiro atoms. The van der Waals surface area contributed by atoms with Crippen molar-refractivity contribution in [1.29, 1.82) is 0 Å². The molecule has 0 aliphatic carbocycles. The average molecular weight is 466 g/mol. The molecule has 2 amide bonds. The maximum Gasteiger partial charge on any atom is 0.262 e. The lowest BCUT2D eigenvalue weighted by atomic mass is 10.1. The number of carbonyl (C=O) groups is 2. The van der Waals surface area contributed by atoms with Crippen LogP contribution in [0.5, 0.6) is 0 Å². The second-order valence-electron chi connectivity index (χ2n) is 8.54. The molecule has 0 fully saturated rings. The lowest BCUT2D eigenvalue weighted by molar-refractivity contribution is -0.125. The lowest BCUT2D eigenvalue weighted by Crippen LogP contribution is -2.33. The van der Waals surface area contributed by atoms with Crippen LogP contribution >= 0.6 is 0 Å². The summed E-state index contributed by atoms with van der Waals surface area (Å²) in [5.41, 5.74) is 3.31. The SMILES string of the molecule is C=CC(=O)N(C)CCC(C)OCc1cccc(N2CCN(C)c3cc(NCC)ncc3C2=O)c1. The van der Waals surface area contributed by atoms with E-state index in [2.05, 4.69) is 21.8 Å². The van der Waals surface area contributed by atoms with E-state index in [4.69, 9.17) is 4.74 Å². The van der Waals surface area contributed by atoms with Gasteiger partial charge in [-0.2, -0.15) is 0 Å². The van der Waals surface area contributed by atoms with Gasteiger partial charge in [0.15, 0.2) is 0 Å². The molecule has 8 nitrogen and oxygen atoms in total. The van der Waals surface area contributed by atoms with Gasteiger partial charge < -0.3 is 24.8 Å². The van der Waals surface area contributed by atoms with Crippen molar-refractivity contribution in [3.05, 3.63) is 60.3 Å². The summed E-state index contributed by atoms with van der Waals surface area (Å²) < 4.78 is 6.00. The first-order chi connectivity index (χ1) is 16.3. The van der Waals surface area contributed by atoms with Crippen LogP contribution in [0, 0.1) is 0 Å². The summed E-state index contributed by atoms with van der Waals surface area (Å²) in [5.74, 6) is 0.612. The molecule has 3 rings (SSSR count). The van der Waals surface area contributed by atoms with Crippen molar-refractivity contribution >= 4 is 29.0 Å². The fraction of sp³-hybridized carbons (Fsp3) is 0.423. The highest BCUT2D eigenvalue weighted by atomic mass is 16.5. The Labute approximate surface area is 202 Å². The third kappa shape index (κ3) is 6.14. The molecular weight excluding hydrogens is 430 g/mol. The Kier molecular flexibility index (Phi) is 8.65. The molecule has 1 aliphatic rings. The molecule has 182 valence electrons. The van der Waals surface area contributed by atoms with Crippen molar-refractivity contribution in [2.75, 3.05) is 55.4 Å². The standard InChI is InChI=1S/C26H35N5O3/c1-6-25(32)30(5)12-11-19(3)34-18-20-9-8-10-21(15-20)31-14-13-29(4)23-16-24(27-7-2)28-17-22(23)26(31)33/h6,8-10,15-17,19H,1,7,11-14,18H2,2-5H3,(H,27,28). The summed E-state index contributed by atoms with van der Waals surface area (Å²) in [7, 11) is 3.75. The summed E-state index contributed by atoms with van der Waals surface area (Å²) in [4.78, 5) is 35.0. The number of pyridine rings is 1. The summed E-state index contributed by atoms with van der Waals surface area (Å²) in [6.45, 7) is 10.6. The number of aromatic nitrogens is 1. The second-order valence-corrected chi connectivity index (χ2v) is 8.54. The van der Waals surface area contributed by atoms with Gasteiger partial charge in [-0.15, -0.1) is 0 Å². The fourth-order valence-electron chi connectivity index (χ4n) is 3.84. The Hall–Kier alpha value is -3.39. The van der Waals surface area contributed by atoms with E-state index in [-0.39, 0.29) is 17.9 Å². The van der Waals surface area contributed by atoms with Crippen LogP contribution in [0.4, 0.5) is 17.2 Å². The molecule has 2 aromatic rings. The number of hydrogen-bond donors (Lipinski definition) is 1. The predicted octanol–water partition coefficient (Wildman–Crippen LogP) is 3.55. The number of amides is 2. The maximum atomic E-state index is 13.4. The number of rotatable bonds is 10. The number of nitrogens with zero attached hydrogens (tertiary/aromatic N) is 4. The van der Waals surface area contributed by atoms with E-state index in [0.717, 1.165) is 35.7 Å². The molecule has 2 heterocycles. The molecule has 1 unspecified atom stereocenters. The number of anilines is 3. The molecular formula is C26H35N5O3. The van der Waals surface area contributed by atoms with Crippen molar-refractivity contribution < 1.29 is 14.3 Å². The summed E-state index contributed by atoms with van der Waals surface area (Å²) in [6.07, 6.45) is 3.69. The molecule has 1 N–H and O–H groups in total. The first-order valence-corrected chi connectivity index (χ1v) is 11.7. The fourth-order valence-corrected chi connectivity index (χ4v) is 3.84. The van der Waals surface area contributed by atoms with Gasteiger partial charge in [-0.1, -0.05) is 18.7 Å². The van der Waals surface area contributed by atoms with Crippen LogP contribution in [0.1, 0.15) is 36.2 Å². The number of nitrogens with one attached hydrogen (secondary N) is 1. The highest BCUT2D eigenvalue weighted by molar-refractivity contribution is 6.10. The molecule has 0 saturated carbocycles. The number of carbonyl (C=O) groups excluding carboxylic acids is 2. The molecule has 1 aliphatic heterocycles. The van der Waals surface area contributed by atoms with Crippen LogP contribution in [-0.4, -0.2) is 68.1 Å². The number of benzene rings is 1. The van der Waals surface area contributed by atoms with Gasteiger partial charge in [0.1, 0.15) is 5.82 Å². The number of hydrogen-bond acceptors (Lipinski definition) is 6. The molecule has 8 heteroatoms. The predicted molar refractivity (Wildman–Crippen MR) is 136 cm³/mol. The summed E-state index contributed by atoms with van der Waals surface area (Å²) in [5, 5.41) is 3.21. The van der Waals surface area contributed by atoms with Gasteiger partial charge in [0.25, 0.3) is 5.91 Å². The van der Waals surface area contributed by atoms with Crippen LogP contribution < -0.4 is 15.1 Å². The van der Waals surface area contributed by atoms with Gasteiger partial charge in [0.2, 0.25) is 5.91 Å². The Morgan fingerprint density at radius 3 is 2.88 bits per heavy atom. The van der Waals surface area contributed by atoms with Crippen molar-refractivity contribution in [3.8, 4) is 0 Å². The first kappa shape index (κ1) is 25.2. The average Bonchev–Trinajstić information content (AvgIpc) is 2.97. The molecule has 0 radical (unpaired) electrons. The quantitative estimate of drug-likeness (QED) is 0.541. The Morgan fingerprint density at radius 2 is 2.15 bits per heavy atom. The molecule has 0 saturated heterocycles. The smallest absolute Gasteiger partial charge is 0.262 e. The minimum Gasteiger partial charge on any atom is -0.374 e. The summed E-state index contributed by atoms with van der Waals surface area (Å²) >= 11 is 0. The zero-order chi connectivity index (χ0) is 24.7. The van der Waals surface area contributed by atoms with Gasteiger partial charge in [0.05, 0.1) is 24.0 Å². The van der Waals surface area contributed by atoms with Crippen LogP contribution in [0.15, 0.2) is 49.2 Å². The normalized spacial score (nSPS) is 14.3. The van der Waals surface area contributed by atoms with Crippen molar-refractivity contribution in [3.63, 3.8) is 0 Å². The maximum absolute atomic E-state index is 13.4. The third-order valence-electron chi connectivity index (χ3n) is 5.96. The van der Waals surface area contributed by atoms with E-state index in [9.17, 15) is 9.59 Å². The first-order valence-electron chi connectivity index (χ1n) is 11.7. The zero-order valence-corrected chi connectivity index (χ0v) is 20.6. The van der Waals surface area contributed by atoms with E-state index >= 15 is 0 Å². The molecule has 1 aromatic carbocycles. The van der Waals surface area contributed by atoms with E-state index < -0.39 is 0 Å². The van der Waals surface area contributed by atoms with E-state index in [0.29, 0.717) is 31.8 Å². The van der Waals surface area contributed by atoms with Gasteiger partial charge in [0, 0.05) is 58.2 Å². The highest BCUT2D eigenvalue weighted by Crippen LogP contribution is 2.29. The summed E-state index contributed by atoms with van der Waals surface area (Å²) in [6, 6.07) is 9.84. The number of likely N-dealkylation sites (N-methyl/N-ethyl adjacent to an activating group) is 2. The van der Waals surface area contributed by atoms with Crippen LogP contribution in [0.2, 0.25) is 0 Å². The number of fused-ring (bicyclic) bond motifs is 1. The Morgan fingerprint density at radius 1 is 1.35 bits per heavy atom. The Bertz CT molecular complexity index is 1030. The van der Waals surface area contributed by atoms with Crippen LogP contribution in [0.3, 0.4) is 0 Å². The van der Waals surface area contributed by atoms with Gasteiger partial charge in [-0.25, -0.2) is 4.98 Å². The van der Waals surface area contributed by atoms with E-state index in [1.165, 1.54) is 6.08 Å². The van der Waals surface area contributed by atoms with Gasteiger partial charge in [-0.05, 0) is 44.0 Å². The minimum atomic E-state index is -0.0951. The molecule has 1 aromatic heterocycles. The minimum absolute atomic E-state index is 0.0129. The van der Waals surface area contributed by atoms with Crippen LogP contribution in [-0.2, 0) is 16.1 Å². The van der Waals surface area contributed by atoms with E-state index in [1.807, 2.05) is 51.2 Å². The van der Waals surface area contributed by atoms with Gasteiger partial charge in [-0.3, -0.25) is 9.59 Å². The van der Waals surface area contributed by atoms with Crippen molar-refractivity contribution in [2.45, 2.75) is 33.0 Å². The molecule has 1 atom stereocenters. The second kappa shape index (κ2) is 11.7. The van der Waals surface area contributed by atoms with Crippen molar-refractivity contribution in [2.24, 2.45) is 0 Å². The topological polar surface area (TPSA) is 78.0 Å². The van der Waals surface area contributed by atoms with Crippen molar-refractivity contribution in [1.82, 2.24) is 9.88 Å².